The van der Waals surface area contributed by atoms with E-state index in [4.69, 9.17) is 15.7 Å². The molecule has 2 aromatic rings. The number of nitrogens with two attached hydrogens (primary N) is 1. The van der Waals surface area contributed by atoms with E-state index < -0.39 is 28.4 Å². The topological polar surface area (TPSA) is 143 Å². The minimum Gasteiger partial charge on any atom is -0.483 e. The fourth-order valence-corrected chi connectivity index (χ4v) is 5.41. The largest absolute Gasteiger partial charge is 0.483 e. The molecule has 0 radical (unpaired) electrons. The number of ether oxygens (including phenoxy) is 1. The summed E-state index contributed by atoms with van der Waals surface area (Å²) < 4.78 is 32.3. The number of amides is 2. The molecule has 0 spiro atoms. The summed E-state index contributed by atoms with van der Waals surface area (Å²) in [5.74, 6) is -1.10. The predicted octanol–water partition coefficient (Wildman–Crippen LogP) is 2.20. The van der Waals surface area contributed by atoms with Crippen molar-refractivity contribution in [3.63, 3.8) is 0 Å². The third-order valence-corrected chi connectivity index (χ3v) is 7.57. The van der Waals surface area contributed by atoms with Gasteiger partial charge in [-0.1, -0.05) is 12.1 Å². The number of primary amides is 1. The number of sulfonamides is 1. The molecule has 0 bridgehead atoms. The molecule has 3 N–H and O–H groups in total. The first-order valence-electron chi connectivity index (χ1n) is 9.78. The van der Waals surface area contributed by atoms with Crippen molar-refractivity contribution in [3.05, 3.63) is 48.0 Å². The molecule has 1 saturated heterocycles. The van der Waals surface area contributed by atoms with Crippen molar-refractivity contribution in [3.8, 4) is 11.8 Å². The van der Waals surface area contributed by atoms with Gasteiger partial charge in [0.25, 0.3) is 11.8 Å². The number of nitriles is 1. The van der Waals surface area contributed by atoms with Gasteiger partial charge in [-0.25, -0.2) is 8.42 Å². The zero-order valence-corrected chi connectivity index (χ0v) is 18.7. The minimum absolute atomic E-state index is 0.0140. The second-order valence-electron chi connectivity index (χ2n) is 6.91. The van der Waals surface area contributed by atoms with Gasteiger partial charge in [0.15, 0.2) is 6.61 Å². The number of nitrogens with one attached hydrogen (secondary N) is 1. The first-order valence-corrected chi connectivity index (χ1v) is 12.2. The summed E-state index contributed by atoms with van der Waals surface area (Å²) in [4.78, 5) is 25.0. The molecular formula is C21H22N4O5S2. The molecule has 1 aliphatic heterocycles. The number of benzene rings is 2. The van der Waals surface area contributed by atoms with E-state index in [9.17, 15) is 18.0 Å². The Morgan fingerprint density at radius 2 is 1.91 bits per heavy atom. The number of nitrogens with zero attached hydrogens (tertiary/aromatic N) is 2. The lowest BCUT2D eigenvalue weighted by Gasteiger charge is -2.17. The summed E-state index contributed by atoms with van der Waals surface area (Å²) in [6.07, 6.45) is 1.58. The van der Waals surface area contributed by atoms with Crippen LogP contribution < -0.4 is 15.8 Å². The highest BCUT2D eigenvalue weighted by Crippen LogP contribution is 2.28. The molecule has 0 unspecified atom stereocenters. The second kappa shape index (κ2) is 10.5. The van der Waals surface area contributed by atoms with Crippen molar-refractivity contribution in [2.45, 2.75) is 22.6 Å². The summed E-state index contributed by atoms with van der Waals surface area (Å²) in [5, 5.41) is 11.5. The summed E-state index contributed by atoms with van der Waals surface area (Å²) in [6, 6.07) is 12.9. The first-order chi connectivity index (χ1) is 15.3. The number of hydrogen-bond acceptors (Lipinski definition) is 7. The van der Waals surface area contributed by atoms with Gasteiger partial charge in [0, 0.05) is 18.0 Å². The predicted molar refractivity (Wildman–Crippen MR) is 120 cm³/mol. The Morgan fingerprint density at radius 3 is 2.59 bits per heavy atom. The van der Waals surface area contributed by atoms with Crippen molar-refractivity contribution in [2.24, 2.45) is 5.73 Å². The van der Waals surface area contributed by atoms with Crippen LogP contribution in [0.5, 0.6) is 5.75 Å². The van der Waals surface area contributed by atoms with Gasteiger partial charge in [0.1, 0.15) is 5.75 Å². The van der Waals surface area contributed by atoms with Crippen LogP contribution in [0.1, 0.15) is 23.2 Å². The fourth-order valence-electron chi connectivity index (χ4n) is 3.20. The van der Waals surface area contributed by atoms with E-state index >= 15 is 0 Å². The molecule has 0 aliphatic carbocycles. The van der Waals surface area contributed by atoms with E-state index in [0.717, 1.165) is 17.7 Å². The maximum absolute atomic E-state index is 12.7. The molecule has 11 heteroatoms. The molecule has 2 aromatic carbocycles. The van der Waals surface area contributed by atoms with E-state index in [-0.39, 0.29) is 22.0 Å². The number of thioether (sulfide) groups is 1. The molecule has 32 heavy (non-hydrogen) atoms. The standard InChI is InChI=1S/C21H22N4O5S2/c22-9-12-31-19-6-2-1-5-17(19)24-20(26)14-30-18-8-7-15(13-16(18)21(23)27)32(28,29)25-10-3-4-11-25/h1-2,5-8,13H,3-4,10-12,14H2,(H2,23,27)(H,24,26). The Labute approximate surface area is 190 Å². The molecule has 3 rings (SSSR count). The summed E-state index contributed by atoms with van der Waals surface area (Å²) in [6.45, 7) is 0.442. The number of anilines is 1. The molecule has 1 fully saturated rings. The molecule has 2 amide bonds. The number of para-hydroxylation sites is 1. The SMILES string of the molecule is N#CCSc1ccccc1NC(=O)COc1ccc(S(=O)(=O)N2CCCC2)cc1C(N)=O. The number of rotatable bonds is 9. The van der Waals surface area contributed by atoms with Crippen LogP contribution in [0.15, 0.2) is 52.3 Å². The van der Waals surface area contributed by atoms with Crippen LogP contribution >= 0.6 is 11.8 Å². The lowest BCUT2D eigenvalue weighted by atomic mass is 10.2. The van der Waals surface area contributed by atoms with Gasteiger partial charge in [-0.15, -0.1) is 11.8 Å². The zero-order valence-electron chi connectivity index (χ0n) is 17.1. The minimum atomic E-state index is -3.73. The first kappa shape index (κ1) is 23.6. The highest BCUT2D eigenvalue weighted by molar-refractivity contribution is 7.99. The van der Waals surface area contributed by atoms with E-state index in [0.29, 0.717) is 18.8 Å². The average molecular weight is 475 g/mol. The van der Waals surface area contributed by atoms with Crippen LogP contribution in [-0.4, -0.2) is 50.0 Å². The average Bonchev–Trinajstić information content (AvgIpc) is 3.33. The van der Waals surface area contributed by atoms with Crippen molar-refractivity contribution in [1.82, 2.24) is 4.31 Å². The van der Waals surface area contributed by atoms with Crippen LogP contribution in [0.2, 0.25) is 0 Å². The zero-order chi connectivity index (χ0) is 23.1. The normalized spacial score (nSPS) is 14.0. The van der Waals surface area contributed by atoms with Crippen molar-refractivity contribution < 1.29 is 22.7 Å². The maximum atomic E-state index is 12.7. The third-order valence-electron chi connectivity index (χ3n) is 4.73. The molecule has 0 atom stereocenters. The number of carbonyl (C=O) groups is 2. The lowest BCUT2D eigenvalue weighted by molar-refractivity contribution is -0.118. The lowest BCUT2D eigenvalue weighted by Crippen LogP contribution is -2.28. The van der Waals surface area contributed by atoms with Gasteiger partial charge in [0.2, 0.25) is 10.0 Å². The molecule has 1 aliphatic rings. The van der Waals surface area contributed by atoms with Gasteiger partial charge in [-0.3, -0.25) is 9.59 Å². The van der Waals surface area contributed by atoms with Gasteiger partial charge in [0.05, 0.1) is 28.0 Å². The molecule has 0 saturated carbocycles. The van der Waals surface area contributed by atoms with Gasteiger partial charge in [-0.05, 0) is 43.2 Å². The van der Waals surface area contributed by atoms with Gasteiger partial charge >= 0.3 is 0 Å². The Balaban J connectivity index is 1.72. The molecule has 1 heterocycles. The smallest absolute Gasteiger partial charge is 0.262 e. The maximum Gasteiger partial charge on any atom is 0.262 e. The van der Waals surface area contributed by atoms with E-state index in [1.165, 1.54) is 34.3 Å². The van der Waals surface area contributed by atoms with Crippen molar-refractivity contribution in [1.29, 1.82) is 5.26 Å². The van der Waals surface area contributed by atoms with Crippen LogP contribution in [0.3, 0.4) is 0 Å². The molecular weight excluding hydrogens is 452 g/mol. The van der Waals surface area contributed by atoms with Crippen LogP contribution in [0.4, 0.5) is 5.69 Å². The summed E-state index contributed by atoms with van der Waals surface area (Å²) >= 11 is 1.29. The highest BCUT2D eigenvalue weighted by Gasteiger charge is 2.28. The number of carbonyl (C=O) groups excluding carboxylic acids is 2. The number of hydrogen-bond donors (Lipinski definition) is 2. The molecule has 0 aromatic heterocycles. The highest BCUT2D eigenvalue weighted by atomic mass is 32.2. The van der Waals surface area contributed by atoms with Crippen LogP contribution in [-0.2, 0) is 14.8 Å². The van der Waals surface area contributed by atoms with Gasteiger partial charge < -0.3 is 15.8 Å². The molecule has 9 nitrogen and oxygen atoms in total. The Morgan fingerprint density at radius 1 is 1.19 bits per heavy atom. The van der Waals surface area contributed by atoms with Gasteiger partial charge in [-0.2, -0.15) is 9.57 Å². The fraction of sp³-hybridized carbons (Fsp3) is 0.286. The Hall–Kier alpha value is -3.07. The quantitative estimate of drug-likeness (QED) is 0.530. The van der Waals surface area contributed by atoms with Crippen LogP contribution in [0.25, 0.3) is 0 Å². The van der Waals surface area contributed by atoms with Crippen molar-refractivity contribution >= 4 is 39.3 Å². The third kappa shape index (κ3) is 5.59. The van der Waals surface area contributed by atoms with E-state index in [1.807, 2.05) is 6.07 Å². The second-order valence-corrected chi connectivity index (χ2v) is 9.87. The Kier molecular flexibility index (Phi) is 7.74. The molecule has 168 valence electrons. The van der Waals surface area contributed by atoms with Crippen LogP contribution in [0, 0.1) is 11.3 Å². The van der Waals surface area contributed by atoms with Crippen molar-refractivity contribution in [2.75, 3.05) is 30.8 Å². The summed E-state index contributed by atoms with van der Waals surface area (Å²) in [7, 11) is -3.73. The van der Waals surface area contributed by atoms with E-state index in [1.54, 1.807) is 24.3 Å². The van der Waals surface area contributed by atoms with E-state index in [2.05, 4.69) is 5.32 Å². The summed E-state index contributed by atoms with van der Waals surface area (Å²) in [5.41, 5.74) is 5.83. The monoisotopic (exact) mass is 474 g/mol. The Bertz CT molecular complexity index is 1160.